The number of benzene rings is 2. The number of aliphatic hydroxyl groups is 6. The summed E-state index contributed by atoms with van der Waals surface area (Å²) in [6.07, 6.45) is -0.427. The summed E-state index contributed by atoms with van der Waals surface area (Å²) in [5.74, 6) is -8.21. The summed E-state index contributed by atoms with van der Waals surface area (Å²) >= 11 is 1.56. The molecule has 4 aliphatic heterocycles. The summed E-state index contributed by atoms with van der Waals surface area (Å²) in [4.78, 5) is 94.6. The molecule has 14 N–H and O–H groups in total. The van der Waals surface area contributed by atoms with E-state index in [0.717, 1.165) is 82.0 Å². The lowest BCUT2D eigenvalue weighted by Gasteiger charge is -2.47. The summed E-state index contributed by atoms with van der Waals surface area (Å²) in [5, 5.41) is 107. The molecule has 6 aliphatic rings. The molecule has 1 aromatic heterocycles. The number of methoxy groups -OCH3 is 1. The fraction of sp³-hybridized carbons (Fsp3) is 0.697. The highest BCUT2D eigenvalue weighted by molar-refractivity contribution is 7.81. The smallest absolute Gasteiger partial charge is 0.446 e. The van der Waals surface area contributed by atoms with Crippen molar-refractivity contribution in [3.8, 4) is 22.1 Å². The molecule has 4 saturated heterocycles. The van der Waals surface area contributed by atoms with E-state index in [1.165, 1.54) is 45.1 Å². The number of β-amino-alcohol motifs (C(OH)–C–C–N with tert-alkyl or cyclic N) is 1. The normalized spacial score (nSPS) is 29.2. The third-order valence-electron chi connectivity index (χ3n) is 20.5. The van der Waals surface area contributed by atoms with Gasteiger partial charge in [-0.25, -0.2) is 0 Å². The molecule has 2 aliphatic carbocycles. The van der Waals surface area contributed by atoms with Crippen LogP contribution in [0.25, 0.3) is 10.6 Å². The van der Waals surface area contributed by atoms with Crippen molar-refractivity contribution >= 4 is 62.9 Å². The van der Waals surface area contributed by atoms with Gasteiger partial charge in [0.15, 0.2) is 11.5 Å². The van der Waals surface area contributed by atoms with Crippen LogP contribution in [-0.4, -0.2) is 274 Å². The average Bonchev–Trinajstić information content (AvgIpc) is 1.43. The number of hydrogen-bond acceptors (Lipinski definition) is 25. The number of likely N-dealkylation sites (N-methyl/N-ethyl adjacent to an activating group) is 1. The Morgan fingerprint density at radius 1 is 0.788 bits per heavy atom. The summed E-state index contributed by atoms with van der Waals surface area (Å²) in [6, 6.07) is 0.757. The molecule has 33 heteroatoms. The van der Waals surface area contributed by atoms with Crippen LogP contribution in [0.5, 0.6) is 11.5 Å². The van der Waals surface area contributed by atoms with E-state index in [0.29, 0.717) is 31.8 Å². The molecule has 3 aromatic rings. The van der Waals surface area contributed by atoms with Crippen LogP contribution < -0.4 is 41.0 Å². The SMILES string of the molecule is COC1(C2CCCCC2)CCN(c2ccc(-c3nnc(C4CCC(CN[C@H]5C[C@@H](O)CNC(=O)[C@@H]6[C@@H](O)[C@@H](C)CN6C(=O)[C@H]([C@H](O)COCNCCN(C)C)NC(=O)[C@H]([C@H](O)Cc6ccc(O)c(OS(=O)(=O)O)c6)NC(=O)[C@@H]6C[C@@H](O)CN6C(=O)[C@H]([C@@H](C)O)NC5=O)CC4)s3)cc2)CC1. The van der Waals surface area contributed by atoms with E-state index < -0.39 is 175 Å². The van der Waals surface area contributed by atoms with Crippen molar-refractivity contribution in [1.82, 2.24) is 56.8 Å². The Labute approximate surface area is 581 Å². The van der Waals surface area contributed by atoms with Gasteiger partial charge in [-0.3, -0.25) is 38.6 Å². The van der Waals surface area contributed by atoms with Gasteiger partial charge in [0.1, 0.15) is 46.3 Å². The second-order valence-electron chi connectivity index (χ2n) is 27.9. The lowest BCUT2D eigenvalue weighted by Crippen LogP contribution is -2.64. The monoisotopic (exact) mass is 1430 g/mol. The number of phenolic OH excluding ortho intramolecular Hbond substituents is 1. The molecular formula is C66H100N12O19S2. The molecular weight excluding hydrogens is 1330 g/mol. The summed E-state index contributed by atoms with van der Waals surface area (Å²) in [5.41, 5.74) is 2.02. The number of nitrogens with one attached hydrogen (secondary N) is 6. The third-order valence-corrected chi connectivity index (χ3v) is 22.0. The molecule has 13 atom stereocenters. The van der Waals surface area contributed by atoms with Gasteiger partial charge in [-0.15, -0.1) is 10.2 Å². The van der Waals surface area contributed by atoms with E-state index in [2.05, 4.69) is 75.4 Å². The quantitative estimate of drug-likeness (QED) is 0.0321. The maximum atomic E-state index is 15.0. The van der Waals surface area contributed by atoms with Crippen molar-refractivity contribution in [2.75, 3.05) is 91.8 Å². The highest BCUT2D eigenvalue weighted by Gasteiger charge is 2.50. The fourth-order valence-electron chi connectivity index (χ4n) is 14.7. The first-order valence-corrected chi connectivity index (χ1v) is 36.6. The highest BCUT2D eigenvalue weighted by Crippen LogP contribution is 2.43. The van der Waals surface area contributed by atoms with Crippen LogP contribution in [0.2, 0.25) is 0 Å². The summed E-state index contributed by atoms with van der Waals surface area (Å²) < 4.78 is 49.1. The Morgan fingerprint density at radius 3 is 2.13 bits per heavy atom. The van der Waals surface area contributed by atoms with Crippen molar-refractivity contribution in [2.24, 2.45) is 17.8 Å². The van der Waals surface area contributed by atoms with Crippen LogP contribution in [0.1, 0.15) is 114 Å². The molecule has 31 nitrogen and oxygen atoms in total. The average molecular weight is 1430 g/mol. The molecule has 5 heterocycles. The fourth-order valence-corrected chi connectivity index (χ4v) is 16.1. The zero-order chi connectivity index (χ0) is 71.5. The van der Waals surface area contributed by atoms with Gasteiger partial charge in [-0.1, -0.05) is 43.6 Å². The Morgan fingerprint density at radius 2 is 1.46 bits per heavy atom. The van der Waals surface area contributed by atoms with Gasteiger partial charge in [0.05, 0.1) is 55.5 Å². The van der Waals surface area contributed by atoms with Gasteiger partial charge in [-0.05, 0) is 139 Å². The standard InChI is InChI=1S/C66H100N12O19S2/c1-37-33-78-56(57(37)85)61(89)69-32-45(80)29-47(68-31-39-11-14-41(15-12-39)62-73-74-63(98-62)42-16-18-44(19-17-42)76-24-21-66(95-5,22-25-76)43-9-7-6-8-10-43)58(86)70-53(38(2)79)64(90)77-34-46(81)30-48(77)59(87)71-54(50(83)27-40-13-20-49(82)52(28-40)97-99(92,93)94)60(88)72-55(65(78)91)51(84)35-96-36-67-23-26-75(3)4/h13,16-20,28,37-39,41,43,45-48,50-51,53-57,67-68,79-85H,6-12,14-15,21-27,29-36H2,1-5H3,(H,69,89)(H,70,86)(H,71,87)(H,72,88)(H,92,93,94)/t37-,38+,39?,41?,45+,46+,47-,48-,50+,51+,53-,54-,55-,56-,57-/m0/s1. The Balaban J connectivity index is 0.926. The van der Waals surface area contributed by atoms with E-state index in [9.17, 15) is 72.7 Å². The number of rotatable bonds is 22. The number of aromatic nitrogens is 2. The zero-order valence-corrected chi connectivity index (χ0v) is 58.5. The topological polar surface area (TPSA) is 437 Å². The lowest BCUT2D eigenvalue weighted by molar-refractivity contribution is -0.148. The van der Waals surface area contributed by atoms with Gasteiger partial charge >= 0.3 is 10.4 Å². The zero-order valence-electron chi connectivity index (χ0n) is 56.8. The first-order chi connectivity index (χ1) is 47.1. The maximum Gasteiger partial charge on any atom is 0.446 e. The minimum Gasteiger partial charge on any atom is -0.504 e. The number of fused-ring (bicyclic) bond motifs is 2. The number of carbonyl (C=O) groups excluding carboxylic acids is 6. The Kier molecular flexibility index (Phi) is 26.8. The van der Waals surface area contributed by atoms with Gasteiger partial charge in [0.2, 0.25) is 35.4 Å². The van der Waals surface area contributed by atoms with E-state index >= 15 is 4.79 Å². The predicted molar refractivity (Wildman–Crippen MR) is 361 cm³/mol. The van der Waals surface area contributed by atoms with Crippen LogP contribution in [0.15, 0.2) is 42.5 Å². The van der Waals surface area contributed by atoms with Gasteiger partial charge in [0, 0.05) is 88.9 Å². The number of hydrogen-bond donors (Lipinski definition) is 14. The molecule has 550 valence electrons. The lowest BCUT2D eigenvalue weighted by atomic mass is 9.72. The molecule has 0 bridgehead atoms. The molecule has 0 radical (unpaired) electrons. The summed E-state index contributed by atoms with van der Waals surface area (Å²) in [6.45, 7) is 3.71. The van der Waals surface area contributed by atoms with Gasteiger partial charge < -0.3 is 95.6 Å². The van der Waals surface area contributed by atoms with Crippen LogP contribution in [0.3, 0.4) is 0 Å². The van der Waals surface area contributed by atoms with Crippen molar-refractivity contribution < 1.29 is 91.1 Å². The Bertz CT molecular complexity index is 3330. The van der Waals surface area contributed by atoms with Gasteiger partial charge in [0.25, 0.3) is 0 Å². The van der Waals surface area contributed by atoms with Gasteiger partial charge in [-0.2, -0.15) is 8.42 Å². The second-order valence-corrected chi connectivity index (χ2v) is 29.9. The first kappa shape index (κ1) is 76.9. The number of piperidine rings is 1. The van der Waals surface area contributed by atoms with Crippen molar-refractivity contribution in [3.05, 3.63) is 53.0 Å². The van der Waals surface area contributed by atoms with Crippen LogP contribution >= 0.6 is 11.3 Å². The van der Waals surface area contributed by atoms with Crippen LogP contribution in [-0.2, 0) is 55.1 Å². The number of anilines is 1. The third kappa shape index (κ3) is 19.9. The number of nitrogens with zero attached hydrogens (tertiary/aromatic N) is 6. The Hall–Kier alpha value is -6.31. The molecule has 2 saturated carbocycles. The molecule has 0 unspecified atom stereocenters. The molecule has 6 fully saturated rings. The number of ether oxygens (including phenoxy) is 2. The minimum atomic E-state index is -5.21. The van der Waals surface area contributed by atoms with E-state index in [1.807, 2.05) is 26.1 Å². The number of carbonyl (C=O) groups is 6. The molecule has 9 rings (SSSR count). The van der Waals surface area contributed by atoms with E-state index in [-0.39, 0.29) is 42.8 Å². The maximum absolute atomic E-state index is 15.0. The van der Waals surface area contributed by atoms with Crippen molar-refractivity contribution in [2.45, 2.75) is 188 Å². The number of aliphatic hydroxyl groups excluding tert-OH is 6. The number of aromatic hydroxyl groups is 1. The molecule has 0 spiro atoms. The van der Waals surface area contributed by atoms with Crippen LogP contribution in [0, 0.1) is 17.8 Å². The second kappa shape index (κ2) is 34.6. The molecule has 6 amide bonds. The van der Waals surface area contributed by atoms with E-state index in [1.54, 1.807) is 18.3 Å². The van der Waals surface area contributed by atoms with Crippen molar-refractivity contribution in [3.63, 3.8) is 0 Å². The molecule has 99 heavy (non-hydrogen) atoms. The largest absolute Gasteiger partial charge is 0.504 e. The first-order valence-electron chi connectivity index (χ1n) is 34.4. The number of amides is 6. The highest BCUT2D eigenvalue weighted by atomic mass is 32.3. The number of phenols is 1. The van der Waals surface area contributed by atoms with Crippen LogP contribution in [0.4, 0.5) is 5.69 Å². The summed E-state index contributed by atoms with van der Waals surface area (Å²) in [7, 11) is 0.356. The molecule has 2 aromatic carbocycles. The van der Waals surface area contributed by atoms with E-state index in [4.69, 9.17) is 9.47 Å². The van der Waals surface area contributed by atoms with Crippen molar-refractivity contribution in [1.29, 1.82) is 0 Å². The minimum absolute atomic E-state index is 0.0106. The predicted octanol–water partition coefficient (Wildman–Crippen LogP) is -1.13.